The number of hydrogen-bond donors (Lipinski definition) is 1. The van der Waals surface area contributed by atoms with E-state index in [1.807, 2.05) is 38.1 Å². The number of halogens is 2. The molecule has 0 saturated carbocycles. The van der Waals surface area contributed by atoms with Gasteiger partial charge in [0.1, 0.15) is 23.0 Å². The van der Waals surface area contributed by atoms with E-state index < -0.39 is 21.7 Å². The lowest BCUT2D eigenvalue weighted by atomic mass is 9.95. The number of pyridine rings is 1. The third-order valence-electron chi connectivity index (χ3n) is 8.05. The van der Waals surface area contributed by atoms with Crippen LogP contribution in [0.15, 0.2) is 76.9 Å². The maximum Gasteiger partial charge on any atom is 0.255 e. The molecular weight excluding hydrogens is 608 g/mol. The van der Waals surface area contributed by atoms with Crippen LogP contribution in [0.25, 0.3) is 51.3 Å². The van der Waals surface area contributed by atoms with Crippen LogP contribution in [-0.2, 0) is 16.4 Å². The molecule has 6 rings (SSSR count). The number of amides is 1. The van der Waals surface area contributed by atoms with Gasteiger partial charge in [0, 0.05) is 54.0 Å². The number of nitrogens with zero attached hydrogens (tertiary/aromatic N) is 2. The first kappa shape index (κ1) is 30.9. The molecule has 10 heteroatoms. The van der Waals surface area contributed by atoms with Crippen LogP contribution in [0.3, 0.4) is 0 Å². The number of fused-ring (bicyclic) bond motifs is 2. The highest BCUT2D eigenvalue weighted by atomic mass is 32.2. The second kappa shape index (κ2) is 11.7. The quantitative estimate of drug-likeness (QED) is 0.197. The molecule has 0 aliphatic heterocycles. The predicted octanol–water partition coefficient (Wildman–Crippen LogP) is 7.72. The number of sulfonamides is 1. The molecule has 2 heterocycles. The summed E-state index contributed by atoms with van der Waals surface area (Å²) >= 11 is 0. The summed E-state index contributed by atoms with van der Waals surface area (Å²) in [5, 5.41) is 3.07. The Balaban J connectivity index is 1.63. The largest absolute Gasteiger partial charge is 0.455 e. The summed E-state index contributed by atoms with van der Waals surface area (Å²) in [5.74, 6) is -0.964. The summed E-state index contributed by atoms with van der Waals surface area (Å²) in [6.45, 7) is 3.94. The smallest absolute Gasteiger partial charge is 0.255 e. The monoisotopic (exact) mass is 639 g/mol. The van der Waals surface area contributed by atoms with E-state index in [2.05, 4.69) is 5.32 Å². The maximum absolute atomic E-state index is 14.7. The fraction of sp³-hybridized carbons (Fsp3) is 0.167. The van der Waals surface area contributed by atoms with Gasteiger partial charge in [0.25, 0.3) is 5.91 Å². The third-order valence-corrected chi connectivity index (χ3v) is 9.24. The SMILES string of the molecule is CNC(=O)c1c(-c2ccc(F)cc2)oc2cc(N(C)S(C)(=O)=O)c(-c3cc(C4=Cc5c(F)cccc5C4)c(C=C(C)C)cn3)cc12. The molecule has 0 saturated heterocycles. The van der Waals surface area contributed by atoms with Crippen molar-refractivity contribution < 1.29 is 26.4 Å². The molecule has 0 unspecified atom stereocenters. The van der Waals surface area contributed by atoms with Gasteiger partial charge in [0.05, 0.1) is 23.2 Å². The molecule has 0 atom stereocenters. The topological polar surface area (TPSA) is 92.5 Å². The van der Waals surface area contributed by atoms with Gasteiger partial charge in [0.2, 0.25) is 10.0 Å². The summed E-state index contributed by atoms with van der Waals surface area (Å²) in [7, 11) is -0.821. The van der Waals surface area contributed by atoms with Crippen molar-refractivity contribution in [3.05, 3.63) is 112 Å². The molecule has 5 aromatic rings. The summed E-state index contributed by atoms with van der Waals surface area (Å²) in [4.78, 5) is 18.0. The van der Waals surface area contributed by atoms with E-state index in [0.29, 0.717) is 34.2 Å². The van der Waals surface area contributed by atoms with Crippen molar-refractivity contribution in [2.24, 2.45) is 0 Å². The standard InChI is InChI=1S/C36H31F2N3O4S/c1-20(2)13-24-19-40-31(17-26(24)23-14-22-7-6-8-30(38)27(22)15-23)28-16-29-33(18-32(28)41(4)46(5,43)44)45-35(34(29)36(42)39-3)21-9-11-25(37)12-10-21/h6-13,15-19H,14H2,1-5H3,(H,39,42). The predicted molar refractivity (Wildman–Crippen MR) is 179 cm³/mol. The minimum absolute atomic E-state index is 0.211. The number of furan rings is 1. The van der Waals surface area contributed by atoms with Gasteiger partial charge in [-0.15, -0.1) is 0 Å². The Labute approximate surface area is 265 Å². The Bertz CT molecular complexity index is 2210. The Kier molecular flexibility index (Phi) is 7.85. The van der Waals surface area contributed by atoms with E-state index in [4.69, 9.17) is 9.40 Å². The molecule has 0 radical (unpaired) electrons. The fourth-order valence-electron chi connectivity index (χ4n) is 5.75. The zero-order chi connectivity index (χ0) is 32.9. The molecule has 1 amide bonds. The van der Waals surface area contributed by atoms with E-state index >= 15 is 0 Å². The van der Waals surface area contributed by atoms with E-state index in [1.54, 1.807) is 24.4 Å². The van der Waals surface area contributed by atoms with Crippen molar-refractivity contribution in [2.45, 2.75) is 20.3 Å². The lowest BCUT2D eigenvalue weighted by molar-refractivity contribution is 0.0964. The number of benzene rings is 3. The van der Waals surface area contributed by atoms with Gasteiger partial charge in [0.15, 0.2) is 0 Å². The van der Waals surface area contributed by atoms with E-state index in [-0.39, 0.29) is 28.4 Å². The molecule has 0 spiro atoms. The average molecular weight is 640 g/mol. The summed E-state index contributed by atoms with van der Waals surface area (Å²) in [6.07, 6.45) is 7.15. The van der Waals surface area contributed by atoms with Crippen molar-refractivity contribution in [3.8, 4) is 22.6 Å². The first-order valence-electron chi connectivity index (χ1n) is 14.5. The highest BCUT2D eigenvalue weighted by Crippen LogP contribution is 2.42. The molecule has 1 aliphatic carbocycles. The molecule has 46 heavy (non-hydrogen) atoms. The van der Waals surface area contributed by atoms with Crippen molar-refractivity contribution in [1.82, 2.24) is 10.3 Å². The van der Waals surface area contributed by atoms with Gasteiger partial charge in [-0.2, -0.15) is 0 Å². The molecule has 0 fully saturated rings. The van der Waals surface area contributed by atoms with Crippen LogP contribution in [0.1, 0.15) is 46.5 Å². The van der Waals surface area contributed by atoms with E-state index in [9.17, 15) is 22.0 Å². The van der Waals surface area contributed by atoms with Crippen LogP contribution in [0.4, 0.5) is 14.5 Å². The van der Waals surface area contributed by atoms with Crippen LogP contribution in [0, 0.1) is 11.6 Å². The number of anilines is 1. The molecule has 7 nitrogen and oxygen atoms in total. The molecule has 1 aliphatic rings. The van der Waals surface area contributed by atoms with Crippen LogP contribution in [-0.4, -0.2) is 39.7 Å². The van der Waals surface area contributed by atoms with Crippen LogP contribution in [0.2, 0.25) is 0 Å². The normalized spacial score (nSPS) is 12.5. The molecule has 0 bridgehead atoms. The lowest BCUT2D eigenvalue weighted by Gasteiger charge is -2.21. The van der Waals surface area contributed by atoms with E-state index in [0.717, 1.165) is 38.4 Å². The van der Waals surface area contributed by atoms with Gasteiger partial charge in [-0.1, -0.05) is 23.8 Å². The average Bonchev–Trinajstić information content (AvgIpc) is 3.62. The Morgan fingerprint density at radius 3 is 2.43 bits per heavy atom. The van der Waals surface area contributed by atoms with Crippen LogP contribution in [0.5, 0.6) is 0 Å². The van der Waals surface area contributed by atoms with Gasteiger partial charge in [-0.05, 0) is 85.5 Å². The summed E-state index contributed by atoms with van der Waals surface area (Å²) in [5.41, 5.74) is 7.10. The van der Waals surface area contributed by atoms with Crippen LogP contribution < -0.4 is 9.62 Å². The number of carbonyl (C=O) groups is 1. The van der Waals surface area contributed by atoms with Crippen molar-refractivity contribution in [1.29, 1.82) is 0 Å². The molecule has 2 aromatic heterocycles. The first-order valence-corrected chi connectivity index (χ1v) is 16.4. The zero-order valence-electron chi connectivity index (χ0n) is 25.9. The highest BCUT2D eigenvalue weighted by Gasteiger charge is 2.27. The number of aromatic nitrogens is 1. The summed E-state index contributed by atoms with van der Waals surface area (Å²) < 4.78 is 61.5. The van der Waals surface area contributed by atoms with Crippen molar-refractivity contribution in [3.63, 3.8) is 0 Å². The highest BCUT2D eigenvalue weighted by molar-refractivity contribution is 7.92. The Morgan fingerprint density at radius 1 is 1.04 bits per heavy atom. The minimum Gasteiger partial charge on any atom is -0.455 e. The van der Waals surface area contributed by atoms with E-state index in [1.165, 1.54) is 44.4 Å². The van der Waals surface area contributed by atoms with Crippen LogP contribution >= 0.6 is 0 Å². The van der Waals surface area contributed by atoms with Gasteiger partial charge >= 0.3 is 0 Å². The third kappa shape index (κ3) is 5.60. The molecule has 3 aromatic carbocycles. The van der Waals surface area contributed by atoms with Gasteiger partial charge < -0.3 is 9.73 Å². The second-order valence-corrected chi connectivity index (χ2v) is 13.5. The minimum atomic E-state index is -3.75. The number of carbonyl (C=O) groups excluding carboxylic acids is 1. The first-order chi connectivity index (χ1) is 21.8. The Morgan fingerprint density at radius 2 is 1.78 bits per heavy atom. The number of nitrogens with one attached hydrogen (secondary N) is 1. The zero-order valence-corrected chi connectivity index (χ0v) is 26.7. The van der Waals surface area contributed by atoms with Gasteiger partial charge in [-0.3, -0.25) is 14.1 Å². The summed E-state index contributed by atoms with van der Waals surface area (Å²) in [6, 6.07) is 15.7. The number of allylic oxidation sites excluding steroid dienone is 2. The van der Waals surface area contributed by atoms with Crippen molar-refractivity contribution >= 4 is 50.3 Å². The number of hydrogen-bond acceptors (Lipinski definition) is 5. The lowest BCUT2D eigenvalue weighted by Crippen LogP contribution is -2.25. The Hall–Kier alpha value is -5.09. The van der Waals surface area contributed by atoms with Gasteiger partial charge in [-0.25, -0.2) is 17.2 Å². The van der Waals surface area contributed by atoms with Crippen molar-refractivity contribution in [2.75, 3.05) is 24.7 Å². The fourth-order valence-corrected chi connectivity index (χ4v) is 6.26. The number of rotatable bonds is 7. The maximum atomic E-state index is 14.7. The molecule has 1 N–H and O–H groups in total. The molecular formula is C36H31F2N3O4S. The molecule has 234 valence electrons. The second-order valence-electron chi connectivity index (χ2n) is 11.5.